The molecule has 7 heteroatoms. The Hall–Kier alpha value is -2.54. The maximum Gasteiger partial charge on any atom is 0.272 e. The summed E-state index contributed by atoms with van der Waals surface area (Å²) < 4.78 is 1.48. The number of hydrogen-bond acceptors (Lipinski definition) is 5. The molecule has 0 fully saturated rings. The number of nitrogens with zero attached hydrogens (tertiary/aromatic N) is 4. The molecule has 0 aliphatic heterocycles. The smallest absolute Gasteiger partial charge is 0.272 e. The minimum Gasteiger partial charge on any atom is -0.387 e. The van der Waals surface area contributed by atoms with E-state index >= 15 is 0 Å². The van der Waals surface area contributed by atoms with Gasteiger partial charge in [-0.2, -0.15) is 0 Å². The average Bonchev–Trinajstić information content (AvgIpc) is 2.88. The molecule has 7 nitrogen and oxygen atoms in total. The van der Waals surface area contributed by atoms with E-state index in [1.807, 2.05) is 18.2 Å². The first kappa shape index (κ1) is 12.5. The largest absolute Gasteiger partial charge is 0.387 e. The summed E-state index contributed by atoms with van der Waals surface area (Å²) in [6, 6.07) is 7.33. The molecule has 102 valence electrons. The average molecular weight is 271 g/mol. The SMILES string of the molecule is CC(O)c1cn(Cc2nc3ccccc3[nH]c2=O)nn1. The van der Waals surface area contributed by atoms with Gasteiger partial charge >= 0.3 is 0 Å². The van der Waals surface area contributed by atoms with Gasteiger partial charge in [0.15, 0.2) is 0 Å². The number of fused-ring (bicyclic) bond motifs is 1. The molecule has 1 aromatic carbocycles. The molecule has 3 aromatic rings. The lowest BCUT2D eigenvalue weighted by atomic mass is 10.3. The number of hydrogen-bond donors (Lipinski definition) is 2. The molecular weight excluding hydrogens is 258 g/mol. The van der Waals surface area contributed by atoms with E-state index in [-0.39, 0.29) is 12.1 Å². The van der Waals surface area contributed by atoms with E-state index in [1.54, 1.807) is 19.2 Å². The zero-order valence-corrected chi connectivity index (χ0v) is 10.8. The summed E-state index contributed by atoms with van der Waals surface area (Å²) in [4.78, 5) is 19.1. The van der Waals surface area contributed by atoms with Gasteiger partial charge in [-0.05, 0) is 19.1 Å². The van der Waals surface area contributed by atoms with E-state index in [9.17, 15) is 9.90 Å². The fourth-order valence-corrected chi connectivity index (χ4v) is 1.91. The van der Waals surface area contributed by atoms with Gasteiger partial charge in [0.25, 0.3) is 5.56 Å². The number of aliphatic hydroxyl groups excluding tert-OH is 1. The Morgan fingerprint density at radius 3 is 2.95 bits per heavy atom. The lowest BCUT2D eigenvalue weighted by Crippen LogP contribution is -2.18. The summed E-state index contributed by atoms with van der Waals surface area (Å²) in [5.41, 5.74) is 1.98. The van der Waals surface area contributed by atoms with Gasteiger partial charge < -0.3 is 10.1 Å². The summed E-state index contributed by atoms with van der Waals surface area (Å²) in [5.74, 6) is 0. The van der Waals surface area contributed by atoms with E-state index in [4.69, 9.17) is 0 Å². The molecule has 2 N–H and O–H groups in total. The number of rotatable bonds is 3. The van der Waals surface area contributed by atoms with Gasteiger partial charge in [0.2, 0.25) is 0 Å². The fourth-order valence-electron chi connectivity index (χ4n) is 1.91. The Balaban J connectivity index is 1.97. The zero-order chi connectivity index (χ0) is 14.1. The number of nitrogens with one attached hydrogen (secondary N) is 1. The van der Waals surface area contributed by atoms with E-state index < -0.39 is 6.10 Å². The van der Waals surface area contributed by atoms with Crippen molar-refractivity contribution in [2.75, 3.05) is 0 Å². The lowest BCUT2D eigenvalue weighted by molar-refractivity contribution is 0.194. The second kappa shape index (κ2) is 4.86. The molecule has 0 saturated heterocycles. The fraction of sp³-hybridized carbons (Fsp3) is 0.231. The van der Waals surface area contributed by atoms with Gasteiger partial charge in [0, 0.05) is 0 Å². The summed E-state index contributed by atoms with van der Waals surface area (Å²) in [7, 11) is 0. The minimum atomic E-state index is -0.688. The first-order valence-electron chi connectivity index (χ1n) is 6.19. The summed E-state index contributed by atoms with van der Waals surface area (Å²) in [5, 5.41) is 17.1. The summed E-state index contributed by atoms with van der Waals surface area (Å²) in [6.07, 6.45) is 0.910. The van der Waals surface area contributed by atoms with Crippen LogP contribution in [0.15, 0.2) is 35.3 Å². The third-order valence-electron chi connectivity index (χ3n) is 2.97. The third-order valence-corrected chi connectivity index (χ3v) is 2.97. The number of benzene rings is 1. The van der Waals surface area contributed by atoms with Crippen molar-refractivity contribution in [1.29, 1.82) is 0 Å². The summed E-state index contributed by atoms with van der Waals surface area (Å²) >= 11 is 0. The highest BCUT2D eigenvalue weighted by Gasteiger charge is 2.09. The standard InChI is InChI=1S/C13H13N5O2/c1-8(19)11-6-18(17-16-11)7-12-13(20)15-10-5-3-2-4-9(10)14-12/h2-6,8,19H,7H2,1H3,(H,15,20). The van der Waals surface area contributed by atoms with Crippen LogP contribution in [-0.2, 0) is 6.54 Å². The Morgan fingerprint density at radius 2 is 2.20 bits per heavy atom. The molecule has 0 spiro atoms. The van der Waals surface area contributed by atoms with Gasteiger partial charge in [-0.25, -0.2) is 9.67 Å². The number of para-hydroxylation sites is 2. The normalized spacial score (nSPS) is 12.7. The molecule has 0 saturated carbocycles. The number of aromatic nitrogens is 5. The van der Waals surface area contributed by atoms with Gasteiger partial charge in [-0.1, -0.05) is 17.3 Å². The van der Waals surface area contributed by atoms with Crippen LogP contribution in [0.25, 0.3) is 11.0 Å². The van der Waals surface area contributed by atoms with E-state index in [1.165, 1.54) is 4.68 Å². The molecule has 2 heterocycles. The predicted molar refractivity (Wildman–Crippen MR) is 72.1 cm³/mol. The second-order valence-corrected chi connectivity index (χ2v) is 4.55. The molecule has 1 atom stereocenters. The highest BCUT2D eigenvalue weighted by molar-refractivity contribution is 5.73. The number of aromatic amines is 1. The Morgan fingerprint density at radius 1 is 1.40 bits per heavy atom. The molecule has 3 rings (SSSR count). The van der Waals surface area contributed by atoms with Crippen LogP contribution in [0.1, 0.15) is 24.4 Å². The van der Waals surface area contributed by atoms with Crippen LogP contribution >= 0.6 is 0 Å². The maximum atomic E-state index is 11.9. The molecule has 0 amide bonds. The first-order valence-corrected chi connectivity index (χ1v) is 6.19. The van der Waals surface area contributed by atoms with Crippen molar-refractivity contribution in [3.63, 3.8) is 0 Å². The van der Waals surface area contributed by atoms with Crippen LogP contribution < -0.4 is 5.56 Å². The van der Waals surface area contributed by atoms with Crippen molar-refractivity contribution < 1.29 is 5.11 Å². The molecule has 20 heavy (non-hydrogen) atoms. The minimum absolute atomic E-state index is 0.208. The molecule has 0 bridgehead atoms. The maximum absolute atomic E-state index is 11.9. The van der Waals surface area contributed by atoms with Crippen molar-refractivity contribution in [3.8, 4) is 0 Å². The highest BCUT2D eigenvalue weighted by Crippen LogP contribution is 2.08. The molecule has 1 unspecified atom stereocenters. The van der Waals surface area contributed by atoms with E-state index in [2.05, 4.69) is 20.3 Å². The predicted octanol–water partition coefficient (Wildman–Crippen LogP) is 0.616. The zero-order valence-electron chi connectivity index (χ0n) is 10.8. The number of aliphatic hydroxyl groups is 1. The van der Waals surface area contributed by atoms with E-state index in [0.717, 1.165) is 5.52 Å². The Labute approximate surface area is 113 Å². The molecule has 0 aliphatic rings. The second-order valence-electron chi connectivity index (χ2n) is 4.55. The van der Waals surface area contributed by atoms with Crippen LogP contribution in [-0.4, -0.2) is 30.1 Å². The van der Waals surface area contributed by atoms with Crippen molar-refractivity contribution in [3.05, 3.63) is 52.2 Å². The van der Waals surface area contributed by atoms with Gasteiger partial charge in [-0.15, -0.1) is 5.10 Å². The van der Waals surface area contributed by atoms with Crippen molar-refractivity contribution in [2.45, 2.75) is 19.6 Å². The van der Waals surface area contributed by atoms with Crippen molar-refractivity contribution in [2.24, 2.45) is 0 Å². The third kappa shape index (κ3) is 2.30. The van der Waals surface area contributed by atoms with Gasteiger partial charge in [0.1, 0.15) is 11.4 Å². The van der Waals surface area contributed by atoms with Crippen molar-refractivity contribution >= 4 is 11.0 Å². The summed E-state index contributed by atoms with van der Waals surface area (Å²) in [6.45, 7) is 1.81. The Kier molecular flexibility index (Phi) is 3.03. The van der Waals surface area contributed by atoms with Crippen LogP contribution in [0.3, 0.4) is 0 Å². The topological polar surface area (TPSA) is 96.7 Å². The van der Waals surface area contributed by atoms with Gasteiger partial charge in [-0.3, -0.25) is 4.79 Å². The lowest BCUT2D eigenvalue weighted by Gasteiger charge is -2.02. The highest BCUT2D eigenvalue weighted by atomic mass is 16.3. The first-order chi connectivity index (χ1) is 9.63. The Bertz CT molecular complexity index is 806. The quantitative estimate of drug-likeness (QED) is 0.727. The molecule has 0 radical (unpaired) electrons. The van der Waals surface area contributed by atoms with E-state index in [0.29, 0.717) is 16.9 Å². The molecule has 2 aromatic heterocycles. The molecular formula is C13H13N5O2. The number of H-pyrrole nitrogens is 1. The van der Waals surface area contributed by atoms with Crippen LogP contribution in [0.4, 0.5) is 0 Å². The van der Waals surface area contributed by atoms with Crippen molar-refractivity contribution in [1.82, 2.24) is 25.0 Å². The van der Waals surface area contributed by atoms with Crippen LogP contribution in [0.2, 0.25) is 0 Å². The van der Waals surface area contributed by atoms with Crippen LogP contribution in [0, 0.1) is 0 Å². The van der Waals surface area contributed by atoms with Gasteiger partial charge in [0.05, 0.1) is 29.9 Å². The van der Waals surface area contributed by atoms with Crippen LogP contribution in [0.5, 0.6) is 0 Å². The molecule has 0 aliphatic carbocycles. The monoisotopic (exact) mass is 271 g/mol.